The molecule has 3 N–H and O–H groups in total. The molecule has 2 aromatic rings. The first-order valence-corrected chi connectivity index (χ1v) is 11.2. The quantitative estimate of drug-likeness (QED) is 0.164. The maximum atomic E-state index is 12.7. The number of carbonyl (C=O) groups excluding carboxylic acids is 2. The van der Waals surface area contributed by atoms with E-state index in [9.17, 15) is 9.59 Å². The second kappa shape index (κ2) is 13.6. The Hall–Kier alpha value is -4.27. The Bertz CT molecular complexity index is 1220. The van der Waals surface area contributed by atoms with Gasteiger partial charge < -0.3 is 25.3 Å². The Morgan fingerprint density at radius 2 is 1.83 bits per heavy atom. The van der Waals surface area contributed by atoms with Gasteiger partial charge in [0.25, 0.3) is 5.91 Å². The fourth-order valence-electron chi connectivity index (χ4n) is 3.29. The molecule has 0 fully saturated rings. The van der Waals surface area contributed by atoms with Gasteiger partial charge in [0.2, 0.25) is 0 Å². The second-order valence-electron chi connectivity index (χ2n) is 7.45. The number of methoxy groups -OCH3 is 3. The third-order valence-electron chi connectivity index (χ3n) is 5.19. The van der Waals surface area contributed by atoms with E-state index in [4.69, 9.17) is 24.9 Å². The van der Waals surface area contributed by atoms with E-state index in [2.05, 4.69) is 11.9 Å². The summed E-state index contributed by atoms with van der Waals surface area (Å²) in [5, 5.41) is 2.70. The minimum absolute atomic E-state index is 0.0260. The van der Waals surface area contributed by atoms with Crippen LogP contribution in [0.2, 0.25) is 6.82 Å². The predicted molar refractivity (Wildman–Crippen MR) is 145 cm³/mol. The highest BCUT2D eigenvalue weighted by Crippen LogP contribution is 2.24. The number of amides is 1. The number of hydrogen-bond acceptors (Lipinski definition) is 7. The lowest BCUT2D eigenvalue weighted by Gasteiger charge is -2.11. The molecule has 187 valence electrons. The third kappa shape index (κ3) is 7.12. The van der Waals surface area contributed by atoms with Gasteiger partial charge >= 0.3 is 5.97 Å². The lowest BCUT2D eigenvalue weighted by molar-refractivity contribution is -0.112. The highest BCUT2D eigenvalue weighted by molar-refractivity contribution is 6.53. The van der Waals surface area contributed by atoms with Gasteiger partial charge in [0, 0.05) is 17.5 Å². The van der Waals surface area contributed by atoms with E-state index in [-0.39, 0.29) is 17.0 Å². The fourth-order valence-corrected chi connectivity index (χ4v) is 3.29. The van der Waals surface area contributed by atoms with E-state index in [1.165, 1.54) is 32.4 Å². The molecule has 0 aliphatic carbocycles. The first-order chi connectivity index (χ1) is 17.3. The minimum atomic E-state index is -0.544. The molecule has 0 aliphatic heterocycles. The van der Waals surface area contributed by atoms with E-state index < -0.39 is 11.9 Å². The van der Waals surface area contributed by atoms with Crippen LogP contribution in [0.1, 0.15) is 29.3 Å². The highest BCUT2D eigenvalue weighted by Gasteiger charge is 2.15. The molecule has 2 aromatic carbocycles. The molecule has 0 aromatic heterocycles. The summed E-state index contributed by atoms with van der Waals surface area (Å²) in [6, 6.07) is 10.3. The lowest BCUT2D eigenvalue weighted by Crippen LogP contribution is -2.21. The van der Waals surface area contributed by atoms with Crippen LogP contribution >= 0.6 is 0 Å². The molecular weight excluding hydrogens is 457 g/mol. The van der Waals surface area contributed by atoms with Crippen LogP contribution in [0.25, 0.3) is 5.70 Å². The zero-order valence-electron chi connectivity index (χ0n) is 21.3. The van der Waals surface area contributed by atoms with Crippen molar-refractivity contribution in [2.75, 3.05) is 26.6 Å². The monoisotopic (exact) mass is 488 g/mol. The highest BCUT2D eigenvalue weighted by atomic mass is 16.5. The van der Waals surface area contributed by atoms with Gasteiger partial charge in [-0.1, -0.05) is 32.5 Å². The summed E-state index contributed by atoms with van der Waals surface area (Å²) in [7, 11) is 6.27. The molecule has 1 radical (unpaired) electrons. The fraction of sp³-hybridized carbons (Fsp3) is 0.222. The first-order valence-electron chi connectivity index (χ1n) is 11.2. The van der Waals surface area contributed by atoms with Gasteiger partial charge in [-0.15, -0.1) is 0 Å². The summed E-state index contributed by atoms with van der Waals surface area (Å²) in [4.78, 5) is 29.3. The number of carbonyl (C=O) groups is 2. The average Bonchev–Trinajstić information content (AvgIpc) is 2.90. The number of nitrogens with one attached hydrogen (secondary N) is 1. The van der Waals surface area contributed by atoms with E-state index >= 15 is 0 Å². The standard InChI is InChI=1S/C27H31BN3O5/c1-7-9-23(17-10-13-24(34-4)21(14-17)28-3)30-18(8-2)15-22(29)26(32)31-19-11-12-20(27(33)36-6)25(16-19)35-5/h7,9-16H,1,8,29H2,2-6H3,(H,31,32)/b22-15-,23-9-,30-18+. The number of hydrogen-bond donors (Lipinski definition) is 2. The number of nitrogens with zero attached hydrogens (tertiary/aromatic N) is 1. The maximum Gasteiger partial charge on any atom is 0.341 e. The summed E-state index contributed by atoms with van der Waals surface area (Å²) in [6.45, 7) is 7.64. The van der Waals surface area contributed by atoms with Crippen molar-refractivity contribution in [1.29, 1.82) is 0 Å². The zero-order chi connectivity index (χ0) is 26.7. The molecule has 36 heavy (non-hydrogen) atoms. The molecule has 0 bridgehead atoms. The van der Waals surface area contributed by atoms with Crippen LogP contribution in [0.5, 0.6) is 11.5 Å². The summed E-state index contributed by atoms with van der Waals surface area (Å²) >= 11 is 0. The molecular formula is C27H31BN3O5. The van der Waals surface area contributed by atoms with Gasteiger partial charge in [0.1, 0.15) is 17.1 Å². The smallest absolute Gasteiger partial charge is 0.341 e. The van der Waals surface area contributed by atoms with E-state index in [0.29, 0.717) is 23.5 Å². The van der Waals surface area contributed by atoms with Crippen LogP contribution in [0.4, 0.5) is 5.69 Å². The van der Waals surface area contributed by atoms with Crippen LogP contribution < -0.4 is 26.0 Å². The molecule has 8 nitrogen and oxygen atoms in total. The molecule has 0 atom stereocenters. The van der Waals surface area contributed by atoms with Gasteiger partial charge in [-0.05, 0) is 53.9 Å². The maximum absolute atomic E-state index is 12.7. The average molecular weight is 488 g/mol. The summed E-state index contributed by atoms with van der Waals surface area (Å²) in [5.74, 6) is -0.0425. The number of benzene rings is 2. The van der Waals surface area contributed by atoms with E-state index in [1.54, 1.807) is 25.3 Å². The number of nitrogens with two attached hydrogens (primary N) is 1. The van der Waals surface area contributed by atoms with Crippen molar-refractivity contribution in [3.63, 3.8) is 0 Å². The summed E-state index contributed by atoms with van der Waals surface area (Å²) in [6.07, 6.45) is 5.50. The normalized spacial score (nSPS) is 12.0. The van der Waals surface area contributed by atoms with Crippen molar-refractivity contribution < 1.29 is 23.8 Å². The number of anilines is 1. The van der Waals surface area contributed by atoms with Crippen molar-refractivity contribution in [2.24, 2.45) is 10.7 Å². The number of allylic oxidation sites excluding steroid dienone is 3. The number of aliphatic imine (C=N–C) groups is 1. The molecule has 1 amide bonds. The third-order valence-corrected chi connectivity index (χ3v) is 5.19. The molecule has 0 heterocycles. The van der Waals surface area contributed by atoms with Gasteiger partial charge in [-0.2, -0.15) is 0 Å². The van der Waals surface area contributed by atoms with Crippen LogP contribution in [-0.4, -0.2) is 46.2 Å². The van der Waals surface area contributed by atoms with Crippen molar-refractivity contribution >= 4 is 41.7 Å². The minimum Gasteiger partial charge on any atom is -0.497 e. The van der Waals surface area contributed by atoms with Crippen molar-refractivity contribution in [1.82, 2.24) is 0 Å². The lowest BCUT2D eigenvalue weighted by atomic mass is 9.72. The Morgan fingerprint density at radius 3 is 2.42 bits per heavy atom. The molecule has 9 heteroatoms. The molecule has 0 spiro atoms. The number of ether oxygens (including phenoxy) is 3. The Kier molecular flexibility index (Phi) is 10.6. The largest absolute Gasteiger partial charge is 0.497 e. The van der Waals surface area contributed by atoms with Crippen LogP contribution in [0, 0.1) is 0 Å². The SMILES string of the molecule is C=C\C=C(/N=C(/C=C(\N)C(=O)Nc1ccc(C(=O)OC)c(OC)c1)CC)c1ccc(OC)c([B]C)c1. The van der Waals surface area contributed by atoms with Gasteiger partial charge in [-0.3, -0.25) is 9.79 Å². The first kappa shape index (κ1) is 28.0. The molecule has 0 saturated carbocycles. The molecule has 0 unspecified atom stereocenters. The van der Waals surface area contributed by atoms with E-state index in [1.807, 2.05) is 39.2 Å². The Morgan fingerprint density at radius 1 is 1.11 bits per heavy atom. The topological polar surface area (TPSA) is 112 Å². The molecule has 0 aliphatic rings. The molecule has 0 saturated heterocycles. The number of rotatable bonds is 11. The van der Waals surface area contributed by atoms with Gasteiger partial charge in [0.15, 0.2) is 7.28 Å². The zero-order valence-corrected chi connectivity index (χ0v) is 21.3. The van der Waals surface area contributed by atoms with Crippen LogP contribution in [-0.2, 0) is 9.53 Å². The van der Waals surface area contributed by atoms with Crippen molar-refractivity contribution in [3.05, 3.63) is 78.0 Å². The second-order valence-corrected chi connectivity index (χ2v) is 7.45. The number of esters is 1. The van der Waals surface area contributed by atoms with Crippen LogP contribution in [0.3, 0.4) is 0 Å². The van der Waals surface area contributed by atoms with Crippen molar-refractivity contribution in [2.45, 2.75) is 20.2 Å². The summed E-state index contributed by atoms with van der Waals surface area (Å²) < 4.78 is 15.4. The van der Waals surface area contributed by atoms with Gasteiger partial charge in [-0.25, -0.2) is 4.79 Å². The molecule has 2 rings (SSSR count). The Labute approximate surface area is 212 Å². The van der Waals surface area contributed by atoms with E-state index in [0.717, 1.165) is 16.8 Å². The van der Waals surface area contributed by atoms with Crippen LogP contribution in [0.15, 0.2) is 71.9 Å². The summed E-state index contributed by atoms with van der Waals surface area (Å²) in [5.41, 5.74) is 9.78. The predicted octanol–water partition coefficient (Wildman–Crippen LogP) is 3.73. The van der Waals surface area contributed by atoms with Crippen molar-refractivity contribution in [3.8, 4) is 11.5 Å². The Balaban J connectivity index is 2.32. The van der Waals surface area contributed by atoms with Gasteiger partial charge in [0.05, 0.1) is 32.7 Å².